The van der Waals surface area contributed by atoms with Crippen LogP contribution in [0, 0.1) is 6.85 Å². The van der Waals surface area contributed by atoms with Crippen molar-refractivity contribution in [3.05, 3.63) is 169 Å². The van der Waals surface area contributed by atoms with Crippen LogP contribution >= 0.6 is 11.8 Å². The van der Waals surface area contributed by atoms with Gasteiger partial charge in [0.2, 0.25) is 0 Å². The summed E-state index contributed by atoms with van der Waals surface area (Å²) in [5, 5.41) is 2.70. The van der Waals surface area contributed by atoms with E-state index in [1.54, 1.807) is 11.8 Å². The normalized spacial score (nSPS) is 14.3. The van der Waals surface area contributed by atoms with Crippen molar-refractivity contribution in [2.45, 2.75) is 29.7 Å². The van der Waals surface area contributed by atoms with E-state index in [1.807, 2.05) is 6.07 Å². The topological polar surface area (TPSA) is 0 Å². The second kappa shape index (κ2) is 12.0. The zero-order chi connectivity index (χ0) is 34.5. The first-order valence-electron chi connectivity index (χ1n) is 17.6. The zero-order valence-corrected chi connectivity index (χ0v) is 28.3. The fraction of sp³-hybridized carbons (Fsp3) is 0.0667. The highest BCUT2D eigenvalue weighted by Crippen LogP contribution is 2.47. The van der Waals surface area contributed by atoms with Gasteiger partial charge < -0.3 is 0 Å². The number of fused-ring (bicyclic) bond motifs is 2. The van der Waals surface area contributed by atoms with Crippen LogP contribution < -0.4 is 10.4 Å². The second-order valence-corrected chi connectivity index (χ2v) is 18.1. The van der Waals surface area contributed by atoms with Crippen LogP contribution in [0.15, 0.2) is 174 Å². The van der Waals surface area contributed by atoms with Crippen LogP contribution in [0.1, 0.15) is 9.68 Å². The highest BCUT2D eigenvalue weighted by Gasteiger charge is 2.36. The molecular weight excluding hydrogens is 601 g/mol. The van der Waals surface area contributed by atoms with Crippen molar-refractivity contribution >= 4 is 30.2 Å². The van der Waals surface area contributed by atoms with Gasteiger partial charge in [0, 0.05) is 13.9 Å². The van der Waals surface area contributed by atoms with E-state index in [4.69, 9.17) is 4.11 Å². The first-order valence-corrected chi connectivity index (χ1v) is 19.9. The van der Waals surface area contributed by atoms with Gasteiger partial charge in [-0.3, -0.25) is 0 Å². The molecule has 0 spiro atoms. The highest BCUT2D eigenvalue weighted by atomic mass is 32.2. The third-order valence-electron chi connectivity index (χ3n) is 9.50. The molecule has 1 heterocycles. The minimum Gasteiger partial charge on any atom is -0.0897 e. The summed E-state index contributed by atoms with van der Waals surface area (Å²) in [6.07, 6.45) is 0. The van der Waals surface area contributed by atoms with Crippen molar-refractivity contribution in [3.8, 4) is 55.6 Å². The monoisotopic (exact) mass is 639 g/mol. The molecule has 1 aliphatic rings. The summed E-state index contributed by atoms with van der Waals surface area (Å²) in [7, 11) is -2.07. The SMILES string of the molecule is [2H]C([2H])([2H])c1ccc2c(c1-c1ccc(-c3c(-c4ccccc4)ccc(-c4ccccc4)c3-c3ccccc3)cc1)Sc1ccccc1[Si]2(C)C. The van der Waals surface area contributed by atoms with Crippen LogP contribution in [0.25, 0.3) is 55.6 Å². The van der Waals surface area contributed by atoms with E-state index >= 15 is 0 Å². The lowest BCUT2D eigenvalue weighted by molar-refractivity contribution is 1.35. The van der Waals surface area contributed by atoms with E-state index in [2.05, 4.69) is 171 Å². The van der Waals surface area contributed by atoms with Gasteiger partial charge in [-0.25, -0.2) is 0 Å². The quantitative estimate of drug-likeness (QED) is 0.169. The third kappa shape index (κ3) is 5.19. The van der Waals surface area contributed by atoms with Crippen molar-refractivity contribution in [2.75, 3.05) is 0 Å². The number of aryl methyl sites for hydroxylation is 1. The van der Waals surface area contributed by atoms with E-state index in [9.17, 15) is 0 Å². The van der Waals surface area contributed by atoms with Gasteiger partial charge in [-0.05, 0) is 84.5 Å². The minimum atomic E-state index is -2.25. The minimum absolute atomic E-state index is 0.404. The molecule has 2 heteroatoms. The van der Waals surface area contributed by atoms with Crippen LogP contribution in [-0.4, -0.2) is 8.07 Å². The molecule has 0 atom stereocenters. The lowest BCUT2D eigenvalue weighted by Crippen LogP contribution is -2.56. The summed E-state index contributed by atoms with van der Waals surface area (Å²) in [6, 6.07) is 57.5. The maximum Gasteiger partial charge on any atom is 0.115 e. The van der Waals surface area contributed by atoms with Crippen molar-refractivity contribution in [2.24, 2.45) is 0 Å². The molecule has 0 bridgehead atoms. The molecule has 0 N–H and O–H groups in total. The molecule has 7 aromatic rings. The molecule has 0 saturated heterocycles. The van der Waals surface area contributed by atoms with Gasteiger partial charge in [-0.1, -0.05) is 183 Å². The predicted molar refractivity (Wildman–Crippen MR) is 206 cm³/mol. The highest BCUT2D eigenvalue weighted by molar-refractivity contribution is 8.00. The Morgan fingerprint density at radius 1 is 0.426 bits per heavy atom. The maximum atomic E-state index is 8.59. The molecule has 47 heavy (non-hydrogen) atoms. The smallest absolute Gasteiger partial charge is 0.0897 e. The van der Waals surface area contributed by atoms with Gasteiger partial charge in [-0.2, -0.15) is 0 Å². The van der Waals surface area contributed by atoms with Gasteiger partial charge in [0.15, 0.2) is 0 Å². The fourth-order valence-corrected chi connectivity index (χ4v) is 12.7. The Morgan fingerprint density at radius 2 is 0.894 bits per heavy atom. The lowest BCUT2D eigenvalue weighted by atomic mass is 9.82. The molecule has 0 fully saturated rings. The molecule has 8 rings (SSSR count). The Bertz CT molecular complexity index is 2330. The first-order chi connectivity index (χ1) is 24.2. The first kappa shape index (κ1) is 26.2. The number of hydrogen-bond acceptors (Lipinski definition) is 1. The summed E-state index contributed by atoms with van der Waals surface area (Å²) in [4.78, 5) is 2.32. The number of hydrogen-bond donors (Lipinski definition) is 0. The van der Waals surface area contributed by atoms with Gasteiger partial charge in [0.05, 0.1) is 0 Å². The molecule has 7 aromatic carbocycles. The van der Waals surface area contributed by atoms with E-state index in [0.29, 0.717) is 5.56 Å². The molecule has 0 saturated carbocycles. The predicted octanol–water partition coefficient (Wildman–Crippen LogP) is 11.6. The Morgan fingerprint density at radius 3 is 1.45 bits per heavy atom. The van der Waals surface area contributed by atoms with Gasteiger partial charge >= 0.3 is 0 Å². The molecular formula is C45H36SSi. The standard InChI is InChI=1S/C45H36SSi/c1-31-23-30-41-45(46-39-21-13-14-22-40(39)47(41,2)3)42(31)35-24-26-36(27-25-35)44-38(33-17-9-5-10-18-33)29-28-37(32-15-7-4-8-16-32)43(44)34-19-11-6-12-20-34/h4-30H,1-3H3/i1D3. The van der Waals surface area contributed by atoms with Crippen LogP contribution in [0.5, 0.6) is 0 Å². The van der Waals surface area contributed by atoms with Crippen LogP contribution in [0.3, 0.4) is 0 Å². The Labute approximate surface area is 288 Å². The summed E-state index contributed by atoms with van der Waals surface area (Å²) < 4.78 is 25.8. The van der Waals surface area contributed by atoms with Crippen LogP contribution in [0.2, 0.25) is 13.1 Å². The maximum absolute atomic E-state index is 8.59. The Hall–Kier alpha value is -4.89. The Balaban J connectivity index is 1.37. The van der Waals surface area contributed by atoms with Crippen LogP contribution in [0.4, 0.5) is 0 Å². The van der Waals surface area contributed by atoms with Crippen LogP contribution in [-0.2, 0) is 0 Å². The molecule has 0 nitrogen and oxygen atoms in total. The van der Waals surface area contributed by atoms with Gasteiger partial charge in [0.1, 0.15) is 8.07 Å². The summed E-state index contributed by atoms with van der Waals surface area (Å²) >= 11 is 1.72. The average molecular weight is 640 g/mol. The third-order valence-corrected chi connectivity index (χ3v) is 14.6. The molecule has 0 amide bonds. The second-order valence-electron chi connectivity index (χ2n) is 12.7. The number of benzene rings is 7. The van der Waals surface area contributed by atoms with E-state index in [1.165, 1.54) is 26.4 Å². The van der Waals surface area contributed by atoms with Crippen molar-refractivity contribution in [1.29, 1.82) is 0 Å². The molecule has 0 aromatic heterocycles. The van der Waals surface area contributed by atoms with E-state index in [0.717, 1.165) is 49.4 Å². The number of rotatable bonds is 5. The Kier molecular flexibility index (Phi) is 6.71. The zero-order valence-electron chi connectivity index (χ0n) is 29.5. The summed E-state index contributed by atoms with van der Waals surface area (Å²) in [5.41, 5.74) is 11.3. The van der Waals surface area contributed by atoms with Gasteiger partial charge in [-0.15, -0.1) is 0 Å². The van der Waals surface area contributed by atoms with Crippen molar-refractivity contribution < 1.29 is 4.11 Å². The lowest BCUT2D eigenvalue weighted by Gasteiger charge is -2.34. The molecule has 0 unspecified atom stereocenters. The molecule has 0 aliphatic carbocycles. The van der Waals surface area contributed by atoms with Crippen molar-refractivity contribution in [3.63, 3.8) is 0 Å². The molecule has 226 valence electrons. The van der Waals surface area contributed by atoms with E-state index in [-0.39, 0.29) is 0 Å². The summed E-state index contributed by atoms with van der Waals surface area (Å²) in [6.45, 7) is 2.50. The molecule has 1 aliphatic heterocycles. The average Bonchev–Trinajstić information content (AvgIpc) is 3.15. The van der Waals surface area contributed by atoms with Crippen molar-refractivity contribution in [1.82, 2.24) is 0 Å². The van der Waals surface area contributed by atoms with E-state index < -0.39 is 14.9 Å². The largest absolute Gasteiger partial charge is 0.115 e. The van der Waals surface area contributed by atoms with Gasteiger partial charge in [0.25, 0.3) is 0 Å². The summed E-state index contributed by atoms with van der Waals surface area (Å²) in [5.74, 6) is 0. The molecule has 0 radical (unpaired) electrons. The fourth-order valence-electron chi connectivity index (χ4n) is 7.12.